The summed E-state index contributed by atoms with van der Waals surface area (Å²) in [6.07, 6.45) is 27.4. The van der Waals surface area contributed by atoms with Crippen molar-refractivity contribution in [3.8, 4) is 0 Å². The highest BCUT2D eigenvalue weighted by Crippen LogP contribution is 2.12. The third kappa shape index (κ3) is 21.9. The van der Waals surface area contributed by atoms with E-state index < -0.39 is 0 Å². The third-order valence-electron chi connectivity index (χ3n) is 7.11. The van der Waals surface area contributed by atoms with Crippen molar-refractivity contribution >= 4 is 5.91 Å². The summed E-state index contributed by atoms with van der Waals surface area (Å²) in [7, 11) is 0. The number of carbonyl (C=O) groups is 1. The molecule has 0 radical (unpaired) electrons. The Bertz CT molecular complexity index is 386. The average molecular weight is 481 g/mol. The van der Waals surface area contributed by atoms with Gasteiger partial charge in [0, 0.05) is 19.5 Å². The molecule has 0 spiro atoms. The van der Waals surface area contributed by atoms with Crippen molar-refractivity contribution in [3.05, 3.63) is 0 Å². The maximum Gasteiger partial charge on any atom is 0.222 e. The second-order valence-corrected chi connectivity index (χ2v) is 10.6. The van der Waals surface area contributed by atoms with Gasteiger partial charge in [-0.25, -0.2) is 0 Å². The fraction of sp³-hybridized carbons (Fsp3) is 0.968. The number of amides is 1. The van der Waals surface area contributed by atoms with Crippen LogP contribution in [0, 0.1) is 0 Å². The minimum Gasteiger partial charge on any atom is -0.343 e. The molecule has 0 aliphatic rings. The van der Waals surface area contributed by atoms with Crippen LogP contribution in [0.15, 0.2) is 0 Å². The van der Waals surface area contributed by atoms with Crippen LogP contribution in [0.25, 0.3) is 0 Å². The minimum absolute atomic E-state index is 0.376. The summed E-state index contributed by atoms with van der Waals surface area (Å²) in [6, 6.07) is 0. The lowest BCUT2D eigenvalue weighted by Crippen LogP contribution is -2.32. The van der Waals surface area contributed by atoms with Gasteiger partial charge in [0.15, 0.2) is 0 Å². The van der Waals surface area contributed by atoms with Crippen LogP contribution < -0.4 is 0 Å². The lowest BCUT2D eigenvalue weighted by atomic mass is 10.1. The van der Waals surface area contributed by atoms with Crippen LogP contribution in [0.4, 0.5) is 0 Å². The Morgan fingerprint density at radius 1 is 0.412 bits per heavy atom. The molecule has 0 rings (SSSR count). The summed E-state index contributed by atoms with van der Waals surface area (Å²) in [5.41, 5.74) is 0. The highest BCUT2D eigenvalue weighted by Gasteiger charge is 2.12. The molecule has 0 bridgehead atoms. The highest BCUT2D eigenvalue weighted by atomic mass is 16.2. The van der Waals surface area contributed by atoms with Crippen molar-refractivity contribution in [1.29, 1.82) is 0 Å². The van der Waals surface area contributed by atoms with Gasteiger partial charge in [0.1, 0.15) is 0 Å². The molecular weight excluding hydrogens is 416 g/mol. The molecule has 0 unspecified atom stereocenters. The van der Waals surface area contributed by atoms with Crippen molar-refractivity contribution < 1.29 is 4.79 Å². The summed E-state index contributed by atoms with van der Waals surface area (Å²) in [4.78, 5) is 17.4. The molecular formula is C31H64N2O. The maximum atomic E-state index is 12.6. The van der Waals surface area contributed by atoms with E-state index in [1.54, 1.807) is 0 Å². The molecule has 0 atom stereocenters. The molecule has 0 N–H and O–H groups in total. The van der Waals surface area contributed by atoms with Crippen molar-refractivity contribution in [3.63, 3.8) is 0 Å². The van der Waals surface area contributed by atoms with E-state index in [-0.39, 0.29) is 0 Å². The van der Waals surface area contributed by atoms with E-state index in [1.165, 1.54) is 129 Å². The monoisotopic (exact) mass is 481 g/mol. The van der Waals surface area contributed by atoms with Crippen molar-refractivity contribution in [2.75, 3.05) is 32.7 Å². The lowest BCUT2D eigenvalue weighted by molar-refractivity contribution is -0.131. The van der Waals surface area contributed by atoms with Crippen molar-refractivity contribution in [1.82, 2.24) is 9.80 Å². The van der Waals surface area contributed by atoms with E-state index in [4.69, 9.17) is 0 Å². The van der Waals surface area contributed by atoms with Gasteiger partial charge >= 0.3 is 0 Å². The van der Waals surface area contributed by atoms with Crippen molar-refractivity contribution in [2.24, 2.45) is 0 Å². The van der Waals surface area contributed by atoms with Crippen LogP contribution in [0.3, 0.4) is 0 Å². The molecule has 0 heterocycles. The van der Waals surface area contributed by atoms with Crippen LogP contribution in [0.1, 0.15) is 163 Å². The molecule has 0 aliphatic carbocycles. The first kappa shape index (κ1) is 33.4. The van der Waals surface area contributed by atoms with Gasteiger partial charge in [-0.05, 0) is 58.2 Å². The molecule has 204 valence electrons. The number of hydrogen-bond donors (Lipinski definition) is 0. The molecule has 1 amide bonds. The standard InChI is InChI=1S/C31H64N2O/c1-5-9-11-13-15-17-19-22-28-32(29-23-20-18-16-14-12-10-6-2)30-24-21-25-31(34)33(26-7-3)27-8-4/h5-30H2,1-4H3. The summed E-state index contributed by atoms with van der Waals surface area (Å²) < 4.78 is 0. The third-order valence-corrected chi connectivity index (χ3v) is 7.11. The van der Waals surface area contributed by atoms with E-state index in [1.807, 2.05) is 0 Å². The number of nitrogens with zero attached hydrogens (tertiary/aromatic N) is 2. The van der Waals surface area contributed by atoms with Crippen LogP contribution in [0.5, 0.6) is 0 Å². The highest BCUT2D eigenvalue weighted by molar-refractivity contribution is 5.76. The quantitative estimate of drug-likeness (QED) is 0.109. The lowest BCUT2D eigenvalue weighted by Gasteiger charge is -2.23. The van der Waals surface area contributed by atoms with Crippen LogP contribution in [-0.4, -0.2) is 48.4 Å². The predicted molar refractivity (Wildman–Crippen MR) is 153 cm³/mol. The first-order chi connectivity index (χ1) is 16.7. The number of unbranched alkanes of at least 4 members (excludes halogenated alkanes) is 15. The normalized spacial score (nSPS) is 11.4. The summed E-state index contributed by atoms with van der Waals surface area (Å²) in [6.45, 7) is 14.5. The second-order valence-electron chi connectivity index (χ2n) is 10.6. The van der Waals surface area contributed by atoms with Gasteiger partial charge in [0.05, 0.1) is 0 Å². The molecule has 0 aliphatic heterocycles. The fourth-order valence-corrected chi connectivity index (χ4v) is 4.94. The topological polar surface area (TPSA) is 23.6 Å². The summed E-state index contributed by atoms with van der Waals surface area (Å²) in [5.74, 6) is 0.376. The molecule has 0 aromatic rings. The Balaban J connectivity index is 4.16. The van der Waals surface area contributed by atoms with Gasteiger partial charge in [-0.1, -0.05) is 118 Å². The van der Waals surface area contributed by atoms with Crippen molar-refractivity contribution in [2.45, 2.75) is 163 Å². The Labute approximate surface area is 215 Å². The average Bonchev–Trinajstić information content (AvgIpc) is 2.84. The molecule has 0 fully saturated rings. The van der Waals surface area contributed by atoms with E-state index in [0.717, 1.165) is 38.8 Å². The summed E-state index contributed by atoms with van der Waals surface area (Å²) >= 11 is 0. The van der Waals surface area contributed by atoms with Gasteiger partial charge in [0.2, 0.25) is 5.91 Å². The second kappa shape index (κ2) is 27.0. The molecule has 0 saturated heterocycles. The van der Waals surface area contributed by atoms with E-state index in [0.29, 0.717) is 5.91 Å². The van der Waals surface area contributed by atoms with E-state index in [9.17, 15) is 4.79 Å². The Morgan fingerprint density at radius 2 is 0.765 bits per heavy atom. The zero-order chi connectivity index (χ0) is 25.1. The largest absolute Gasteiger partial charge is 0.343 e. The van der Waals surface area contributed by atoms with Crippen LogP contribution in [-0.2, 0) is 4.79 Å². The van der Waals surface area contributed by atoms with Crippen LogP contribution in [0.2, 0.25) is 0 Å². The molecule has 3 heteroatoms. The van der Waals surface area contributed by atoms with Gasteiger partial charge in [0.25, 0.3) is 0 Å². The van der Waals surface area contributed by atoms with Crippen LogP contribution >= 0.6 is 0 Å². The smallest absolute Gasteiger partial charge is 0.222 e. The predicted octanol–water partition coefficient (Wildman–Crippen LogP) is 9.39. The zero-order valence-corrected chi connectivity index (χ0v) is 24.2. The SMILES string of the molecule is CCCCCCCCCCN(CCCCCCCCCC)CCCCC(=O)N(CCC)CCC. The fourth-order valence-electron chi connectivity index (χ4n) is 4.94. The first-order valence-electron chi connectivity index (χ1n) is 15.7. The first-order valence-corrected chi connectivity index (χ1v) is 15.7. The van der Waals surface area contributed by atoms with Gasteiger partial charge in [-0.15, -0.1) is 0 Å². The van der Waals surface area contributed by atoms with E-state index >= 15 is 0 Å². The van der Waals surface area contributed by atoms with Gasteiger partial charge < -0.3 is 9.80 Å². The number of rotatable bonds is 27. The number of hydrogen-bond acceptors (Lipinski definition) is 2. The molecule has 0 aromatic heterocycles. The Kier molecular flexibility index (Phi) is 26.6. The number of carbonyl (C=O) groups excluding carboxylic acids is 1. The minimum atomic E-state index is 0.376. The van der Waals surface area contributed by atoms with E-state index in [2.05, 4.69) is 37.5 Å². The molecule has 3 nitrogen and oxygen atoms in total. The zero-order valence-electron chi connectivity index (χ0n) is 24.2. The molecule has 0 aromatic carbocycles. The Morgan fingerprint density at radius 3 is 1.15 bits per heavy atom. The Hall–Kier alpha value is -0.570. The van der Waals surface area contributed by atoms with Gasteiger partial charge in [-0.3, -0.25) is 4.79 Å². The summed E-state index contributed by atoms with van der Waals surface area (Å²) in [5, 5.41) is 0. The molecule has 0 saturated carbocycles. The molecule has 34 heavy (non-hydrogen) atoms. The van der Waals surface area contributed by atoms with Gasteiger partial charge in [-0.2, -0.15) is 0 Å². The maximum absolute atomic E-state index is 12.6.